The number of aromatic nitrogens is 2. The van der Waals surface area contributed by atoms with E-state index in [0.717, 1.165) is 17.7 Å². The predicted molar refractivity (Wildman–Crippen MR) is 78.9 cm³/mol. The van der Waals surface area contributed by atoms with Crippen LogP contribution in [0.5, 0.6) is 0 Å². The van der Waals surface area contributed by atoms with Crippen LogP contribution in [0.4, 0.5) is 0 Å². The van der Waals surface area contributed by atoms with Crippen LogP contribution in [0.3, 0.4) is 0 Å². The largest absolute Gasteiger partial charge is 0.456 e. The van der Waals surface area contributed by atoms with Gasteiger partial charge in [0.15, 0.2) is 6.29 Å². The van der Waals surface area contributed by atoms with Crippen molar-refractivity contribution in [2.45, 2.75) is 33.3 Å². The molecular weight excluding hydrogens is 268 g/mol. The summed E-state index contributed by atoms with van der Waals surface area (Å²) in [6, 6.07) is 8.50. The first-order valence-corrected chi connectivity index (χ1v) is 6.66. The summed E-state index contributed by atoms with van der Waals surface area (Å²) in [6.45, 7) is 7.28. The van der Waals surface area contributed by atoms with Crippen LogP contribution in [0, 0.1) is 6.92 Å². The quantitative estimate of drug-likeness (QED) is 0.643. The normalized spacial score (nSPS) is 11.2. The van der Waals surface area contributed by atoms with Crippen molar-refractivity contribution in [3.8, 4) is 5.69 Å². The first-order valence-electron chi connectivity index (χ1n) is 6.66. The van der Waals surface area contributed by atoms with Gasteiger partial charge in [0.1, 0.15) is 11.3 Å². The second-order valence-electron chi connectivity index (χ2n) is 5.79. The minimum Gasteiger partial charge on any atom is -0.456 e. The molecule has 1 aromatic carbocycles. The van der Waals surface area contributed by atoms with E-state index in [2.05, 4.69) is 5.10 Å². The molecule has 2 rings (SSSR count). The molecule has 0 radical (unpaired) electrons. The smallest absolute Gasteiger partial charge is 0.338 e. The maximum atomic E-state index is 11.9. The maximum Gasteiger partial charge on any atom is 0.338 e. The zero-order valence-electron chi connectivity index (χ0n) is 12.6. The molecule has 5 nitrogen and oxygen atoms in total. The molecule has 0 unspecified atom stereocenters. The predicted octanol–water partition coefficient (Wildman–Crippen LogP) is 2.95. The second kappa shape index (κ2) is 5.52. The van der Waals surface area contributed by atoms with Gasteiger partial charge < -0.3 is 4.74 Å². The van der Waals surface area contributed by atoms with E-state index in [1.807, 2.05) is 27.7 Å². The van der Waals surface area contributed by atoms with Gasteiger partial charge in [0.25, 0.3) is 0 Å². The lowest BCUT2D eigenvalue weighted by atomic mass is 10.1. The van der Waals surface area contributed by atoms with E-state index in [4.69, 9.17) is 4.74 Å². The van der Waals surface area contributed by atoms with Crippen LogP contribution in [0.25, 0.3) is 5.69 Å². The van der Waals surface area contributed by atoms with Crippen molar-refractivity contribution in [1.82, 2.24) is 9.78 Å². The van der Waals surface area contributed by atoms with Crippen LogP contribution in [0.15, 0.2) is 30.3 Å². The summed E-state index contributed by atoms with van der Waals surface area (Å²) in [5.41, 5.74) is 1.88. The first kappa shape index (κ1) is 15.0. The van der Waals surface area contributed by atoms with E-state index < -0.39 is 5.60 Å². The van der Waals surface area contributed by atoms with Gasteiger partial charge in [-0.15, -0.1) is 0 Å². The van der Waals surface area contributed by atoms with Gasteiger partial charge in [0, 0.05) is 0 Å². The van der Waals surface area contributed by atoms with E-state index >= 15 is 0 Å². The highest BCUT2D eigenvalue weighted by Crippen LogP contribution is 2.16. The third-order valence-electron chi connectivity index (χ3n) is 2.73. The monoisotopic (exact) mass is 286 g/mol. The number of carbonyl (C=O) groups is 2. The Bertz CT molecular complexity index is 664. The molecule has 1 heterocycles. The van der Waals surface area contributed by atoms with Gasteiger partial charge in [-0.1, -0.05) is 0 Å². The first-order chi connectivity index (χ1) is 9.80. The van der Waals surface area contributed by atoms with Crippen molar-refractivity contribution in [2.75, 3.05) is 0 Å². The lowest BCUT2D eigenvalue weighted by molar-refractivity contribution is 0.00695. The Balaban J connectivity index is 2.26. The highest BCUT2D eigenvalue weighted by Gasteiger charge is 2.18. The molecule has 0 aliphatic heterocycles. The van der Waals surface area contributed by atoms with Crippen molar-refractivity contribution in [3.05, 3.63) is 47.3 Å². The van der Waals surface area contributed by atoms with Crippen molar-refractivity contribution in [3.63, 3.8) is 0 Å². The molecule has 0 bridgehead atoms. The molecule has 2 aromatic rings. The second-order valence-corrected chi connectivity index (χ2v) is 5.79. The Morgan fingerprint density at radius 1 is 1.24 bits per heavy atom. The number of benzene rings is 1. The number of ether oxygens (including phenoxy) is 1. The number of carbonyl (C=O) groups excluding carboxylic acids is 2. The lowest BCUT2D eigenvalue weighted by Crippen LogP contribution is -2.23. The number of aldehydes is 1. The molecule has 0 aliphatic carbocycles. The molecule has 110 valence electrons. The Morgan fingerprint density at radius 2 is 1.86 bits per heavy atom. The fraction of sp³-hybridized carbons (Fsp3) is 0.312. The molecule has 21 heavy (non-hydrogen) atoms. The highest BCUT2D eigenvalue weighted by atomic mass is 16.6. The Hall–Kier alpha value is -2.43. The standard InChI is InChI=1S/C16H18N2O3/c1-11-9-14(10-19)18(17-11)13-7-5-12(6-8-13)15(20)21-16(2,3)4/h5-10H,1-4H3. The number of aryl methyl sites for hydroxylation is 1. The van der Waals surface area contributed by atoms with Crippen molar-refractivity contribution < 1.29 is 14.3 Å². The number of esters is 1. The van der Waals surface area contributed by atoms with E-state index in [9.17, 15) is 9.59 Å². The number of nitrogens with zero attached hydrogens (tertiary/aromatic N) is 2. The number of hydrogen-bond donors (Lipinski definition) is 0. The number of rotatable bonds is 3. The van der Waals surface area contributed by atoms with Crippen molar-refractivity contribution in [2.24, 2.45) is 0 Å². The molecule has 5 heteroatoms. The Kier molecular flexibility index (Phi) is 3.93. The molecule has 0 fully saturated rings. The third-order valence-corrected chi connectivity index (χ3v) is 2.73. The van der Waals surface area contributed by atoms with Gasteiger partial charge in [0.05, 0.1) is 16.9 Å². The molecular formula is C16H18N2O3. The Morgan fingerprint density at radius 3 is 2.38 bits per heavy atom. The van der Waals surface area contributed by atoms with Crippen molar-refractivity contribution in [1.29, 1.82) is 0 Å². The summed E-state index contributed by atoms with van der Waals surface area (Å²) < 4.78 is 6.84. The topological polar surface area (TPSA) is 61.2 Å². The SMILES string of the molecule is Cc1cc(C=O)n(-c2ccc(C(=O)OC(C)(C)C)cc2)n1. The van der Waals surface area contributed by atoms with Crippen LogP contribution in [0.1, 0.15) is 47.3 Å². The summed E-state index contributed by atoms with van der Waals surface area (Å²) in [7, 11) is 0. The van der Waals surface area contributed by atoms with Gasteiger partial charge in [0.2, 0.25) is 0 Å². The molecule has 0 spiro atoms. The summed E-state index contributed by atoms with van der Waals surface area (Å²) >= 11 is 0. The van der Waals surface area contributed by atoms with E-state index in [0.29, 0.717) is 11.3 Å². The fourth-order valence-corrected chi connectivity index (χ4v) is 1.89. The van der Waals surface area contributed by atoms with Crippen LogP contribution >= 0.6 is 0 Å². The Labute approximate surface area is 123 Å². The fourth-order valence-electron chi connectivity index (χ4n) is 1.89. The van der Waals surface area contributed by atoms with Crippen LogP contribution in [-0.2, 0) is 4.74 Å². The molecule has 0 aliphatic rings. The third kappa shape index (κ3) is 3.56. The zero-order chi connectivity index (χ0) is 15.6. The lowest BCUT2D eigenvalue weighted by Gasteiger charge is -2.19. The molecule has 1 aromatic heterocycles. The van der Waals surface area contributed by atoms with Gasteiger partial charge in [-0.2, -0.15) is 5.10 Å². The number of hydrogen-bond acceptors (Lipinski definition) is 4. The minimum atomic E-state index is -0.528. The van der Waals surface area contributed by atoms with E-state index in [-0.39, 0.29) is 5.97 Å². The zero-order valence-corrected chi connectivity index (χ0v) is 12.6. The van der Waals surface area contributed by atoms with Gasteiger partial charge >= 0.3 is 5.97 Å². The summed E-state index contributed by atoms with van der Waals surface area (Å²) in [5, 5.41) is 4.25. The van der Waals surface area contributed by atoms with Crippen LogP contribution in [-0.4, -0.2) is 27.6 Å². The average Bonchev–Trinajstić information content (AvgIpc) is 2.78. The summed E-state index contributed by atoms with van der Waals surface area (Å²) in [6.07, 6.45) is 0.752. The molecule has 0 amide bonds. The van der Waals surface area contributed by atoms with E-state index in [1.54, 1.807) is 35.0 Å². The molecule has 0 saturated carbocycles. The van der Waals surface area contributed by atoms with Gasteiger partial charge in [-0.3, -0.25) is 4.79 Å². The van der Waals surface area contributed by atoms with Gasteiger partial charge in [-0.05, 0) is 58.0 Å². The maximum absolute atomic E-state index is 11.9. The minimum absolute atomic E-state index is 0.374. The molecule has 0 saturated heterocycles. The van der Waals surface area contributed by atoms with Gasteiger partial charge in [-0.25, -0.2) is 9.48 Å². The summed E-state index contributed by atoms with van der Waals surface area (Å²) in [4.78, 5) is 22.9. The summed E-state index contributed by atoms with van der Waals surface area (Å²) in [5.74, 6) is -0.374. The molecule has 0 atom stereocenters. The molecule has 0 N–H and O–H groups in total. The van der Waals surface area contributed by atoms with Crippen molar-refractivity contribution >= 4 is 12.3 Å². The van der Waals surface area contributed by atoms with E-state index in [1.165, 1.54) is 0 Å². The highest BCUT2D eigenvalue weighted by molar-refractivity contribution is 5.89. The van der Waals surface area contributed by atoms with Crippen LogP contribution in [0.2, 0.25) is 0 Å². The van der Waals surface area contributed by atoms with Crippen LogP contribution < -0.4 is 0 Å². The average molecular weight is 286 g/mol.